The predicted octanol–water partition coefficient (Wildman–Crippen LogP) is 2.43. The van der Waals surface area contributed by atoms with Gasteiger partial charge in [-0.25, -0.2) is 0 Å². The summed E-state index contributed by atoms with van der Waals surface area (Å²) in [7, 11) is 2.00. The Hall–Kier alpha value is -1.06. The number of nitrogens with one attached hydrogen (secondary N) is 1. The predicted molar refractivity (Wildman–Crippen MR) is 75.4 cm³/mol. The third-order valence-corrected chi connectivity index (χ3v) is 4.83. The standard InChI is InChI=1S/C16H23NO2/c1-17-15(16(11-18)7-3-8-16)13-5-6-14-12(10-13)4-2-9-19-14/h5-6,10,15,17-18H,2-4,7-9,11H2,1H3. The van der Waals surface area contributed by atoms with Crippen LogP contribution in [-0.4, -0.2) is 25.4 Å². The second-order valence-corrected chi connectivity index (χ2v) is 5.91. The normalized spacial score (nSPS) is 22.0. The zero-order valence-corrected chi connectivity index (χ0v) is 11.6. The van der Waals surface area contributed by atoms with Crippen LogP contribution in [0.2, 0.25) is 0 Å². The summed E-state index contributed by atoms with van der Waals surface area (Å²) in [5, 5.41) is 13.2. The molecule has 19 heavy (non-hydrogen) atoms. The average molecular weight is 261 g/mol. The van der Waals surface area contributed by atoms with Gasteiger partial charge in [0.2, 0.25) is 0 Å². The lowest BCUT2D eigenvalue weighted by Gasteiger charge is -2.47. The fourth-order valence-corrected chi connectivity index (χ4v) is 3.56. The molecule has 1 aliphatic heterocycles. The van der Waals surface area contributed by atoms with Crippen molar-refractivity contribution in [3.8, 4) is 5.75 Å². The molecule has 0 spiro atoms. The highest BCUT2D eigenvalue weighted by Gasteiger charge is 2.43. The second-order valence-electron chi connectivity index (χ2n) is 5.91. The van der Waals surface area contributed by atoms with Crippen LogP contribution in [0.3, 0.4) is 0 Å². The quantitative estimate of drug-likeness (QED) is 0.874. The van der Waals surface area contributed by atoms with Crippen LogP contribution in [-0.2, 0) is 6.42 Å². The summed E-state index contributed by atoms with van der Waals surface area (Å²) in [5.41, 5.74) is 2.65. The summed E-state index contributed by atoms with van der Waals surface area (Å²) in [6.45, 7) is 1.11. The van der Waals surface area contributed by atoms with E-state index in [0.717, 1.165) is 38.0 Å². The summed E-state index contributed by atoms with van der Waals surface area (Å²) in [5.74, 6) is 1.04. The van der Waals surface area contributed by atoms with E-state index in [9.17, 15) is 5.11 Å². The maximum atomic E-state index is 9.77. The van der Waals surface area contributed by atoms with Gasteiger partial charge < -0.3 is 15.2 Å². The van der Waals surface area contributed by atoms with Crippen molar-refractivity contribution in [2.75, 3.05) is 20.3 Å². The number of ether oxygens (including phenoxy) is 1. The van der Waals surface area contributed by atoms with Crippen molar-refractivity contribution in [3.05, 3.63) is 29.3 Å². The number of hydrogen-bond donors (Lipinski definition) is 2. The molecule has 1 aromatic rings. The molecule has 0 aromatic heterocycles. The molecule has 3 nitrogen and oxygen atoms in total. The zero-order chi connectivity index (χ0) is 13.3. The first kappa shape index (κ1) is 12.9. The first-order valence-corrected chi connectivity index (χ1v) is 7.33. The van der Waals surface area contributed by atoms with E-state index >= 15 is 0 Å². The maximum absolute atomic E-state index is 9.77. The SMILES string of the molecule is CNC(c1ccc2c(c1)CCCO2)C1(CO)CCC1. The Morgan fingerprint density at radius 3 is 2.84 bits per heavy atom. The number of rotatable bonds is 4. The smallest absolute Gasteiger partial charge is 0.122 e. The van der Waals surface area contributed by atoms with Crippen LogP contribution >= 0.6 is 0 Å². The van der Waals surface area contributed by atoms with Gasteiger partial charge >= 0.3 is 0 Å². The van der Waals surface area contributed by atoms with Crippen molar-refractivity contribution in [3.63, 3.8) is 0 Å². The Balaban J connectivity index is 1.91. The highest BCUT2D eigenvalue weighted by atomic mass is 16.5. The minimum atomic E-state index is 0.0402. The van der Waals surface area contributed by atoms with E-state index < -0.39 is 0 Å². The molecule has 2 N–H and O–H groups in total. The van der Waals surface area contributed by atoms with Gasteiger partial charge in [0, 0.05) is 11.5 Å². The Labute approximate surface area is 115 Å². The molecular weight excluding hydrogens is 238 g/mol. The van der Waals surface area contributed by atoms with Gasteiger partial charge in [-0.05, 0) is 49.9 Å². The number of fused-ring (bicyclic) bond motifs is 1. The van der Waals surface area contributed by atoms with E-state index in [1.807, 2.05) is 7.05 Å². The number of aliphatic hydroxyl groups excluding tert-OH is 1. The van der Waals surface area contributed by atoms with Crippen LogP contribution in [0.1, 0.15) is 42.9 Å². The summed E-state index contributed by atoms with van der Waals surface area (Å²) >= 11 is 0. The first-order valence-electron chi connectivity index (χ1n) is 7.33. The molecule has 1 saturated carbocycles. The van der Waals surface area contributed by atoms with E-state index in [-0.39, 0.29) is 18.1 Å². The van der Waals surface area contributed by atoms with E-state index in [0.29, 0.717) is 0 Å². The molecule has 0 bridgehead atoms. The number of aliphatic hydroxyl groups is 1. The largest absolute Gasteiger partial charge is 0.493 e. The van der Waals surface area contributed by atoms with Crippen molar-refractivity contribution in [1.29, 1.82) is 0 Å². The van der Waals surface area contributed by atoms with Gasteiger partial charge in [-0.2, -0.15) is 0 Å². The lowest BCUT2D eigenvalue weighted by molar-refractivity contribution is 0.00778. The van der Waals surface area contributed by atoms with Gasteiger partial charge in [0.1, 0.15) is 5.75 Å². The van der Waals surface area contributed by atoms with Gasteiger partial charge in [0.15, 0.2) is 0 Å². The molecule has 1 aromatic carbocycles. The highest BCUT2D eigenvalue weighted by molar-refractivity contribution is 5.40. The van der Waals surface area contributed by atoms with E-state index in [4.69, 9.17) is 4.74 Å². The van der Waals surface area contributed by atoms with E-state index in [2.05, 4.69) is 23.5 Å². The fourth-order valence-electron chi connectivity index (χ4n) is 3.56. The average Bonchev–Trinajstić information content (AvgIpc) is 2.42. The minimum absolute atomic E-state index is 0.0402. The number of benzene rings is 1. The topological polar surface area (TPSA) is 41.5 Å². The summed E-state index contributed by atoms with van der Waals surface area (Å²) in [4.78, 5) is 0. The first-order chi connectivity index (χ1) is 9.29. The molecule has 1 unspecified atom stereocenters. The molecule has 1 heterocycles. The highest BCUT2D eigenvalue weighted by Crippen LogP contribution is 2.50. The third kappa shape index (κ3) is 2.15. The van der Waals surface area contributed by atoms with Gasteiger partial charge in [-0.15, -0.1) is 0 Å². The Morgan fingerprint density at radius 2 is 2.21 bits per heavy atom. The van der Waals surface area contributed by atoms with Crippen LogP contribution in [0, 0.1) is 5.41 Å². The fraction of sp³-hybridized carbons (Fsp3) is 0.625. The van der Waals surface area contributed by atoms with Crippen molar-refractivity contribution in [2.45, 2.75) is 38.1 Å². The number of hydrogen-bond acceptors (Lipinski definition) is 3. The molecule has 3 rings (SSSR count). The van der Waals surface area contributed by atoms with E-state index in [1.165, 1.54) is 17.5 Å². The molecule has 0 amide bonds. The minimum Gasteiger partial charge on any atom is -0.493 e. The van der Waals surface area contributed by atoms with Gasteiger partial charge in [-0.1, -0.05) is 18.6 Å². The lowest BCUT2D eigenvalue weighted by Crippen LogP contribution is -2.44. The van der Waals surface area contributed by atoms with Crippen molar-refractivity contribution in [1.82, 2.24) is 5.32 Å². The molecule has 0 radical (unpaired) electrons. The summed E-state index contributed by atoms with van der Waals surface area (Å²) in [6, 6.07) is 6.77. The molecule has 1 aliphatic carbocycles. The Bertz CT molecular complexity index is 449. The molecule has 0 saturated heterocycles. The molecular formula is C16H23NO2. The third-order valence-electron chi connectivity index (χ3n) is 4.83. The van der Waals surface area contributed by atoms with Crippen LogP contribution in [0.5, 0.6) is 5.75 Å². The van der Waals surface area contributed by atoms with Crippen molar-refractivity contribution in [2.24, 2.45) is 5.41 Å². The van der Waals surface area contributed by atoms with Crippen LogP contribution in [0.4, 0.5) is 0 Å². The van der Waals surface area contributed by atoms with Gasteiger partial charge in [0.05, 0.1) is 13.2 Å². The molecule has 1 fully saturated rings. The lowest BCUT2D eigenvalue weighted by atomic mass is 9.63. The zero-order valence-electron chi connectivity index (χ0n) is 11.6. The van der Waals surface area contributed by atoms with Gasteiger partial charge in [-0.3, -0.25) is 0 Å². The summed E-state index contributed by atoms with van der Waals surface area (Å²) in [6.07, 6.45) is 5.66. The Kier molecular flexibility index (Phi) is 3.50. The van der Waals surface area contributed by atoms with Crippen molar-refractivity contribution >= 4 is 0 Å². The van der Waals surface area contributed by atoms with Crippen LogP contribution < -0.4 is 10.1 Å². The molecule has 104 valence electrons. The maximum Gasteiger partial charge on any atom is 0.122 e. The van der Waals surface area contributed by atoms with Crippen LogP contribution in [0.25, 0.3) is 0 Å². The molecule has 2 aliphatic rings. The summed E-state index contributed by atoms with van der Waals surface area (Å²) < 4.78 is 5.67. The van der Waals surface area contributed by atoms with Crippen molar-refractivity contribution < 1.29 is 9.84 Å². The second kappa shape index (κ2) is 5.14. The molecule has 3 heteroatoms. The molecule has 1 atom stereocenters. The Morgan fingerprint density at radius 1 is 1.37 bits per heavy atom. The van der Waals surface area contributed by atoms with Crippen LogP contribution in [0.15, 0.2) is 18.2 Å². The number of aryl methyl sites for hydroxylation is 1. The monoisotopic (exact) mass is 261 g/mol. The van der Waals surface area contributed by atoms with E-state index in [1.54, 1.807) is 0 Å². The van der Waals surface area contributed by atoms with Gasteiger partial charge in [0.25, 0.3) is 0 Å².